The topological polar surface area (TPSA) is 0 Å². The van der Waals surface area contributed by atoms with Gasteiger partial charge in [-0.3, -0.25) is 0 Å². The number of rotatable bonds is 5. The second-order valence-corrected chi connectivity index (χ2v) is 3.98. The SMILES string of the molecule is CCCC1C(CC)C1CCC. The lowest BCUT2D eigenvalue weighted by Gasteiger charge is -1.92. The van der Waals surface area contributed by atoms with E-state index in [-0.39, 0.29) is 0 Å². The maximum Gasteiger partial charge on any atom is -0.0352 e. The summed E-state index contributed by atoms with van der Waals surface area (Å²) in [4.78, 5) is 0. The fourth-order valence-corrected chi connectivity index (χ4v) is 2.65. The van der Waals surface area contributed by atoms with Crippen LogP contribution in [-0.2, 0) is 0 Å². The molecule has 0 heterocycles. The predicted octanol–water partition coefficient (Wildman–Crippen LogP) is 3.86. The molecule has 0 radical (unpaired) electrons. The summed E-state index contributed by atoms with van der Waals surface area (Å²) in [6.45, 7) is 6.98. The van der Waals surface area contributed by atoms with E-state index in [9.17, 15) is 0 Å². The van der Waals surface area contributed by atoms with Crippen LogP contribution in [0.25, 0.3) is 0 Å². The van der Waals surface area contributed by atoms with E-state index in [1.807, 2.05) is 0 Å². The maximum atomic E-state index is 2.35. The van der Waals surface area contributed by atoms with Crippen LogP contribution in [0.3, 0.4) is 0 Å². The highest BCUT2D eigenvalue weighted by Gasteiger charge is 2.46. The standard InChI is InChI=1S/C11H22/c1-4-7-10-9(6-3)11(10)8-5-2/h9-11H,4-8H2,1-3H3. The molecule has 2 atom stereocenters. The normalized spacial score (nSPS) is 35.7. The van der Waals surface area contributed by atoms with E-state index in [2.05, 4.69) is 20.8 Å². The Morgan fingerprint density at radius 1 is 0.727 bits per heavy atom. The van der Waals surface area contributed by atoms with Crippen LogP contribution < -0.4 is 0 Å². The highest BCUT2D eigenvalue weighted by Crippen LogP contribution is 2.53. The van der Waals surface area contributed by atoms with Gasteiger partial charge < -0.3 is 0 Å². The molecular formula is C11H22. The smallest absolute Gasteiger partial charge is 0.0352 e. The molecule has 0 aromatic rings. The summed E-state index contributed by atoms with van der Waals surface area (Å²) in [5, 5.41) is 0. The molecule has 11 heavy (non-hydrogen) atoms. The Labute approximate surface area is 71.4 Å². The van der Waals surface area contributed by atoms with Crippen LogP contribution in [0, 0.1) is 17.8 Å². The Hall–Kier alpha value is 0. The van der Waals surface area contributed by atoms with E-state index in [1.165, 1.54) is 32.1 Å². The van der Waals surface area contributed by atoms with Gasteiger partial charge in [0.05, 0.1) is 0 Å². The first kappa shape index (κ1) is 9.09. The van der Waals surface area contributed by atoms with Crippen molar-refractivity contribution in [2.24, 2.45) is 17.8 Å². The molecule has 0 aliphatic heterocycles. The van der Waals surface area contributed by atoms with Crippen molar-refractivity contribution in [3.05, 3.63) is 0 Å². The molecule has 1 aliphatic rings. The zero-order chi connectivity index (χ0) is 8.27. The highest BCUT2D eigenvalue weighted by molar-refractivity contribution is 4.94. The summed E-state index contributed by atoms with van der Waals surface area (Å²) >= 11 is 0. The number of hydrogen-bond acceptors (Lipinski definition) is 0. The van der Waals surface area contributed by atoms with Crippen LogP contribution in [0.5, 0.6) is 0 Å². The van der Waals surface area contributed by atoms with Crippen LogP contribution in [0.15, 0.2) is 0 Å². The second-order valence-electron chi connectivity index (χ2n) is 3.98. The van der Waals surface area contributed by atoms with Crippen molar-refractivity contribution in [3.8, 4) is 0 Å². The van der Waals surface area contributed by atoms with Gasteiger partial charge in [0.1, 0.15) is 0 Å². The van der Waals surface area contributed by atoms with Gasteiger partial charge in [0.15, 0.2) is 0 Å². The number of hydrogen-bond donors (Lipinski definition) is 0. The van der Waals surface area contributed by atoms with Crippen molar-refractivity contribution in [2.45, 2.75) is 52.9 Å². The Balaban J connectivity index is 2.21. The molecule has 0 amide bonds. The van der Waals surface area contributed by atoms with E-state index in [0.717, 1.165) is 17.8 Å². The van der Waals surface area contributed by atoms with Crippen LogP contribution in [0.1, 0.15) is 52.9 Å². The zero-order valence-electron chi connectivity index (χ0n) is 8.27. The zero-order valence-corrected chi connectivity index (χ0v) is 8.27. The monoisotopic (exact) mass is 154 g/mol. The summed E-state index contributed by atoms with van der Waals surface area (Å²) in [6.07, 6.45) is 7.18. The van der Waals surface area contributed by atoms with Crippen LogP contribution in [0.2, 0.25) is 0 Å². The Morgan fingerprint density at radius 3 is 1.45 bits per heavy atom. The van der Waals surface area contributed by atoms with E-state index in [4.69, 9.17) is 0 Å². The van der Waals surface area contributed by atoms with Gasteiger partial charge in [-0.1, -0.05) is 52.9 Å². The average Bonchev–Trinajstić information content (AvgIpc) is 2.65. The molecule has 0 aromatic heterocycles. The van der Waals surface area contributed by atoms with Gasteiger partial charge in [-0.05, 0) is 17.8 Å². The summed E-state index contributed by atoms with van der Waals surface area (Å²) in [6, 6.07) is 0. The average molecular weight is 154 g/mol. The Bertz CT molecular complexity index is 94.6. The summed E-state index contributed by atoms with van der Waals surface area (Å²) < 4.78 is 0. The largest absolute Gasteiger partial charge is 0.0654 e. The minimum atomic E-state index is 1.11. The van der Waals surface area contributed by atoms with Gasteiger partial charge in [0, 0.05) is 0 Å². The van der Waals surface area contributed by atoms with E-state index < -0.39 is 0 Å². The second kappa shape index (κ2) is 4.13. The molecule has 1 aliphatic carbocycles. The molecule has 0 saturated heterocycles. The Morgan fingerprint density at radius 2 is 1.18 bits per heavy atom. The fraction of sp³-hybridized carbons (Fsp3) is 1.00. The molecule has 0 spiro atoms. The quantitative estimate of drug-likeness (QED) is 0.564. The molecule has 0 N–H and O–H groups in total. The molecular weight excluding hydrogens is 132 g/mol. The third-order valence-corrected chi connectivity index (χ3v) is 3.22. The fourth-order valence-electron chi connectivity index (χ4n) is 2.65. The van der Waals surface area contributed by atoms with Gasteiger partial charge >= 0.3 is 0 Å². The highest BCUT2D eigenvalue weighted by atomic mass is 14.5. The summed E-state index contributed by atoms with van der Waals surface area (Å²) in [7, 11) is 0. The van der Waals surface area contributed by atoms with E-state index in [1.54, 1.807) is 0 Å². The van der Waals surface area contributed by atoms with Gasteiger partial charge in [-0.2, -0.15) is 0 Å². The molecule has 0 nitrogen and oxygen atoms in total. The van der Waals surface area contributed by atoms with Crippen LogP contribution >= 0.6 is 0 Å². The van der Waals surface area contributed by atoms with E-state index >= 15 is 0 Å². The molecule has 0 aromatic carbocycles. The van der Waals surface area contributed by atoms with Crippen molar-refractivity contribution < 1.29 is 0 Å². The van der Waals surface area contributed by atoms with Gasteiger partial charge in [0.25, 0.3) is 0 Å². The summed E-state index contributed by atoms with van der Waals surface area (Å²) in [5.41, 5.74) is 0. The molecule has 0 heteroatoms. The minimum absolute atomic E-state index is 1.11. The maximum absolute atomic E-state index is 2.35. The summed E-state index contributed by atoms with van der Waals surface area (Å²) in [5.74, 6) is 3.34. The molecule has 1 rings (SSSR count). The Kier molecular flexibility index (Phi) is 3.42. The van der Waals surface area contributed by atoms with Crippen LogP contribution in [0.4, 0.5) is 0 Å². The third-order valence-electron chi connectivity index (χ3n) is 3.22. The van der Waals surface area contributed by atoms with Crippen molar-refractivity contribution in [1.29, 1.82) is 0 Å². The van der Waals surface area contributed by atoms with Crippen molar-refractivity contribution in [1.82, 2.24) is 0 Å². The van der Waals surface area contributed by atoms with Crippen molar-refractivity contribution >= 4 is 0 Å². The lowest BCUT2D eigenvalue weighted by molar-refractivity contribution is 0.593. The van der Waals surface area contributed by atoms with Gasteiger partial charge in [-0.25, -0.2) is 0 Å². The van der Waals surface area contributed by atoms with Crippen LogP contribution in [-0.4, -0.2) is 0 Å². The first-order chi connectivity index (χ1) is 5.35. The predicted molar refractivity (Wildman–Crippen MR) is 50.6 cm³/mol. The molecule has 2 unspecified atom stereocenters. The molecule has 0 bridgehead atoms. The first-order valence-corrected chi connectivity index (χ1v) is 5.35. The first-order valence-electron chi connectivity index (χ1n) is 5.35. The van der Waals surface area contributed by atoms with Gasteiger partial charge in [-0.15, -0.1) is 0 Å². The molecule has 1 fully saturated rings. The molecule has 1 saturated carbocycles. The van der Waals surface area contributed by atoms with E-state index in [0.29, 0.717) is 0 Å². The molecule has 66 valence electrons. The minimum Gasteiger partial charge on any atom is -0.0654 e. The third kappa shape index (κ3) is 1.98. The van der Waals surface area contributed by atoms with Crippen molar-refractivity contribution in [2.75, 3.05) is 0 Å². The van der Waals surface area contributed by atoms with Gasteiger partial charge in [0.2, 0.25) is 0 Å². The van der Waals surface area contributed by atoms with Crippen molar-refractivity contribution in [3.63, 3.8) is 0 Å². The lowest BCUT2D eigenvalue weighted by atomic mass is 10.1. The lowest BCUT2D eigenvalue weighted by Crippen LogP contribution is -1.80.